The average molecular weight is 451 g/mol. The SMILES string of the molecule is Cc1nn(C)c2nc(-c3cccs3)cc(C(=O)Nc3nc(-c4ccc(F)cc4)ns3)c12. The molecule has 0 fully saturated rings. The Bertz CT molecular complexity index is 1410. The molecule has 154 valence electrons. The Balaban J connectivity index is 1.52. The molecule has 0 aliphatic heterocycles. The topological polar surface area (TPSA) is 85.6 Å². The van der Waals surface area contributed by atoms with E-state index >= 15 is 0 Å². The number of hydrogen-bond donors (Lipinski definition) is 1. The number of halogens is 1. The summed E-state index contributed by atoms with van der Waals surface area (Å²) >= 11 is 2.62. The van der Waals surface area contributed by atoms with Crippen LogP contribution in [0.15, 0.2) is 47.8 Å². The number of carbonyl (C=O) groups excluding carboxylic acids is 1. The Kier molecular flexibility index (Phi) is 4.79. The minimum absolute atomic E-state index is 0.317. The van der Waals surface area contributed by atoms with E-state index in [1.54, 1.807) is 34.2 Å². The van der Waals surface area contributed by atoms with Gasteiger partial charge in [-0.1, -0.05) is 6.07 Å². The second-order valence-corrected chi connectivity index (χ2v) is 8.52. The van der Waals surface area contributed by atoms with Crippen LogP contribution in [0.5, 0.6) is 0 Å². The Morgan fingerprint density at radius 2 is 1.97 bits per heavy atom. The van der Waals surface area contributed by atoms with E-state index in [1.165, 1.54) is 12.1 Å². The maximum atomic E-state index is 13.2. The monoisotopic (exact) mass is 450 g/mol. The molecule has 4 aromatic heterocycles. The molecule has 1 amide bonds. The molecule has 10 heteroatoms. The van der Waals surface area contributed by atoms with Gasteiger partial charge < -0.3 is 0 Å². The standard InChI is InChI=1S/C21H15FN6OS2/c1-11-17-14(10-15(16-4-3-9-30-16)23-19(17)28(2)26-11)20(29)25-21-24-18(27-31-21)12-5-7-13(22)8-6-12/h3-10H,1-2H3,(H,24,25,27,29). The van der Waals surface area contributed by atoms with Crippen molar-refractivity contribution in [3.8, 4) is 22.0 Å². The number of aryl methyl sites for hydroxylation is 2. The van der Waals surface area contributed by atoms with E-state index < -0.39 is 0 Å². The van der Waals surface area contributed by atoms with E-state index in [2.05, 4.69) is 19.8 Å². The highest BCUT2D eigenvalue weighted by atomic mass is 32.1. The van der Waals surface area contributed by atoms with E-state index in [-0.39, 0.29) is 11.7 Å². The molecular formula is C21H15FN6OS2. The minimum atomic E-state index is -0.331. The van der Waals surface area contributed by atoms with Crippen molar-refractivity contribution in [2.75, 3.05) is 5.32 Å². The molecular weight excluding hydrogens is 435 g/mol. The Morgan fingerprint density at radius 1 is 1.16 bits per heavy atom. The number of benzene rings is 1. The van der Waals surface area contributed by atoms with Crippen LogP contribution in [-0.4, -0.2) is 30.0 Å². The van der Waals surface area contributed by atoms with Crippen LogP contribution < -0.4 is 5.32 Å². The highest BCUT2D eigenvalue weighted by Crippen LogP contribution is 2.30. The lowest BCUT2D eigenvalue weighted by atomic mass is 10.1. The number of anilines is 1. The molecule has 0 spiro atoms. The third-order valence-corrected chi connectivity index (χ3v) is 6.26. The van der Waals surface area contributed by atoms with E-state index in [0.717, 1.165) is 22.1 Å². The van der Waals surface area contributed by atoms with Crippen molar-refractivity contribution in [2.24, 2.45) is 7.05 Å². The predicted molar refractivity (Wildman–Crippen MR) is 120 cm³/mol. The number of nitrogens with one attached hydrogen (secondary N) is 1. The third-order valence-electron chi connectivity index (χ3n) is 4.74. The van der Waals surface area contributed by atoms with Gasteiger partial charge in [-0.15, -0.1) is 11.3 Å². The Hall–Kier alpha value is -3.50. The van der Waals surface area contributed by atoms with Gasteiger partial charge in [-0.2, -0.15) is 14.5 Å². The van der Waals surface area contributed by atoms with Crippen molar-refractivity contribution in [1.29, 1.82) is 0 Å². The molecule has 0 aliphatic rings. The van der Waals surface area contributed by atoms with Crippen molar-refractivity contribution in [2.45, 2.75) is 6.92 Å². The van der Waals surface area contributed by atoms with E-state index in [9.17, 15) is 9.18 Å². The molecule has 31 heavy (non-hydrogen) atoms. The van der Waals surface area contributed by atoms with Crippen molar-refractivity contribution in [1.82, 2.24) is 24.1 Å². The smallest absolute Gasteiger partial charge is 0.258 e. The Morgan fingerprint density at radius 3 is 2.71 bits per heavy atom. The number of amides is 1. The summed E-state index contributed by atoms with van der Waals surface area (Å²) < 4.78 is 19.1. The highest BCUT2D eigenvalue weighted by molar-refractivity contribution is 7.13. The summed E-state index contributed by atoms with van der Waals surface area (Å²) in [5, 5.41) is 10.3. The van der Waals surface area contributed by atoms with Gasteiger partial charge in [-0.3, -0.25) is 14.8 Å². The molecule has 5 aromatic rings. The zero-order valence-electron chi connectivity index (χ0n) is 16.5. The van der Waals surface area contributed by atoms with Gasteiger partial charge in [-0.25, -0.2) is 9.37 Å². The first-order chi connectivity index (χ1) is 15.0. The fourth-order valence-corrected chi connectivity index (χ4v) is 4.60. The van der Waals surface area contributed by atoms with Crippen molar-refractivity contribution < 1.29 is 9.18 Å². The zero-order valence-corrected chi connectivity index (χ0v) is 18.1. The average Bonchev–Trinajstić information content (AvgIpc) is 3.50. The summed E-state index contributed by atoms with van der Waals surface area (Å²) in [6.45, 7) is 1.85. The van der Waals surface area contributed by atoms with Gasteiger partial charge in [0, 0.05) is 24.1 Å². The number of rotatable bonds is 4. The van der Waals surface area contributed by atoms with E-state index in [0.29, 0.717) is 38.8 Å². The van der Waals surface area contributed by atoms with Crippen LogP contribution in [0, 0.1) is 12.7 Å². The van der Waals surface area contributed by atoms with Gasteiger partial charge in [0.25, 0.3) is 5.91 Å². The lowest BCUT2D eigenvalue weighted by Gasteiger charge is -2.07. The maximum absolute atomic E-state index is 13.2. The normalized spacial score (nSPS) is 11.2. The minimum Gasteiger partial charge on any atom is -0.297 e. The quantitative estimate of drug-likeness (QED) is 0.420. The largest absolute Gasteiger partial charge is 0.297 e. The van der Waals surface area contributed by atoms with E-state index in [4.69, 9.17) is 4.98 Å². The predicted octanol–water partition coefficient (Wildman–Crippen LogP) is 4.92. The molecule has 1 aromatic carbocycles. The fourth-order valence-electron chi connectivity index (χ4n) is 3.33. The summed E-state index contributed by atoms with van der Waals surface area (Å²) in [7, 11) is 1.81. The molecule has 0 aliphatic carbocycles. The maximum Gasteiger partial charge on any atom is 0.258 e. The highest BCUT2D eigenvalue weighted by Gasteiger charge is 2.21. The van der Waals surface area contributed by atoms with Gasteiger partial charge >= 0.3 is 0 Å². The van der Waals surface area contributed by atoms with Gasteiger partial charge in [-0.05, 0) is 48.7 Å². The van der Waals surface area contributed by atoms with Gasteiger partial charge in [0.1, 0.15) is 5.82 Å². The first-order valence-electron chi connectivity index (χ1n) is 9.29. The third kappa shape index (κ3) is 3.60. The van der Waals surface area contributed by atoms with Crippen LogP contribution in [-0.2, 0) is 7.05 Å². The lowest BCUT2D eigenvalue weighted by molar-refractivity contribution is 0.102. The zero-order chi connectivity index (χ0) is 21.5. The molecule has 0 saturated heterocycles. The molecule has 0 saturated carbocycles. The number of fused-ring (bicyclic) bond motifs is 1. The van der Waals surface area contributed by atoms with Crippen LogP contribution in [0.25, 0.3) is 33.0 Å². The molecule has 1 N–H and O–H groups in total. The lowest BCUT2D eigenvalue weighted by Crippen LogP contribution is -2.13. The first-order valence-corrected chi connectivity index (χ1v) is 10.9. The number of thiophene rings is 1. The number of aromatic nitrogens is 5. The molecule has 5 rings (SSSR count). The van der Waals surface area contributed by atoms with Gasteiger partial charge in [0.2, 0.25) is 5.13 Å². The summed E-state index contributed by atoms with van der Waals surface area (Å²) in [5.41, 5.74) is 3.21. The summed E-state index contributed by atoms with van der Waals surface area (Å²) in [4.78, 5) is 23.3. The molecule has 0 atom stereocenters. The van der Waals surface area contributed by atoms with Crippen molar-refractivity contribution in [3.05, 3.63) is 64.9 Å². The molecule has 0 radical (unpaired) electrons. The second-order valence-electron chi connectivity index (χ2n) is 6.82. The second kappa shape index (κ2) is 7.64. The van der Waals surface area contributed by atoms with Gasteiger partial charge in [0.05, 0.1) is 27.2 Å². The summed E-state index contributed by atoms with van der Waals surface area (Å²) in [5.74, 6) is -0.220. The molecule has 0 bridgehead atoms. The molecule has 4 heterocycles. The number of hydrogen-bond acceptors (Lipinski definition) is 7. The van der Waals surface area contributed by atoms with Crippen LogP contribution in [0.3, 0.4) is 0 Å². The van der Waals surface area contributed by atoms with Crippen LogP contribution >= 0.6 is 22.9 Å². The number of pyridine rings is 1. The summed E-state index contributed by atoms with van der Waals surface area (Å²) in [6, 6.07) is 11.6. The van der Waals surface area contributed by atoms with Crippen molar-refractivity contribution >= 4 is 44.9 Å². The van der Waals surface area contributed by atoms with Crippen molar-refractivity contribution in [3.63, 3.8) is 0 Å². The molecule has 7 nitrogen and oxygen atoms in total. The van der Waals surface area contributed by atoms with Crippen LogP contribution in [0.2, 0.25) is 0 Å². The number of carbonyl (C=O) groups is 1. The number of nitrogens with zero attached hydrogens (tertiary/aromatic N) is 5. The molecule has 0 unspecified atom stereocenters. The van der Waals surface area contributed by atoms with Crippen LogP contribution in [0.1, 0.15) is 16.1 Å². The van der Waals surface area contributed by atoms with Crippen LogP contribution in [0.4, 0.5) is 9.52 Å². The summed E-state index contributed by atoms with van der Waals surface area (Å²) in [6.07, 6.45) is 0. The first kappa shape index (κ1) is 19.5. The van der Waals surface area contributed by atoms with E-state index in [1.807, 2.05) is 31.5 Å². The Labute approximate surface area is 184 Å². The fraction of sp³-hybridized carbons (Fsp3) is 0.0952. The van der Waals surface area contributed by atoms with Gasteiger partial charge in [0.15, 0.2) is 11.5 Å².